The minimum atomic E-state index is -0.975. The lowest BCUT2D eigenvalue weighted by Gasteiger charge is -2.51. The number of anilines is 2. The zero-order chi connectivity index (χ0) is 27.1. The summed E-state index contributed by atoms with van der Waals surface area (Å²) in [6.07, 6.45) is 0. The molecule has 1 heterocycles. The lowest BCUT2D eigenvalue weighted by Crippen LogP contribution is -2.49. The molecule has 0 unspecified atom stereocenters. The van der Waals surface area contributed by atoms with Crippen molar-refractivity contribution < 1.29 is 14.4 Å². The van der Waals surface area contributed by atoms with Crippen molar-refractivity contribution in [2.24, 2.45) is 11.3 Å². The molecule has 1 saturated heterocycles. The number of nitrogens with one attached hydrogen (secondary N) is 1. The number of rotatable bonds is 3. The van der Waals surface area contributed by atoms with Crippen molar-refractivity contribution in [2.75, 3.05) is 10.2 Å². The maximum Gasteiger partial charge on any atom is 0.257 e. The molecule has 0 radical (unpaired) electrons. The Morgan fingerprint density at radius 3 is 2.08 bits per heavy atom. The number of halogens is 1. The van der Waals surface area contributed by atoms with Gasteiger partial charge in [0.1, 0.15) is 0 Å². The molecule has 0 spiro atoms. The van der Waals surface area contributed by atoms with Crippen LogP contribution in [0.1, 0.15) is 56.9 Å². The van der Waals surface area contributed by atoms with E-state index in [0.29, 0.717) is 16.4 Å². The fourth-order valence-corrected chi connectivity index (χ4v) is 7.31. The Balaban J connectivity index is 1.35. The van der Waals surface area contributed by atoms with Gasteiger partial charge < -0.3 is 5.32 Å². The van der Waals surface area contributed by atoms with E-state index in [1.54, 1.807) is 42.5 Å². The van der Waals surface area contributed by atoms with Gasteiger partial charge >= 0.3 is 0 Å². The molecule has 3 amide bonds. The van der Waals surface area contributed by atoms with Gasteiger partial charge in [-0.3, -0.25) is 14.4 Å². The number of carbonyl (C=O) groups excluding carboxylic acids is 3. The third-order valence-electron chi connectivity index (χ3n) is 8.92. The molecule has 5 nitrogen and oxygen atoms in total. The summed E-state index contributed by atoms with van der Waals surface area (Å²) in [6, 6.07) is 28.4. The summed E-state index contributed by atoms with van der Waals surface area (Å²) in [5.74, 6) is -1.99. The van der Waals surface area contributed by atoms with Crippen LogP contribution in [-0.4, -0.2) is 17.7 Å². The molecular weight excluding hydrogens is 508 g/mol. The van der Waals surface area contributed by atoms with Gasteiger partial charge in [-0.05, 0) is 65.9 Å². The highest BCUT2D eigenvalue weighted by molar-refractivity contribution is 6.32. The summed E-state index contributed by atoms with van der Waals surface area (Å²) in [4.78, 5) is 43.6. The van der Waals surface area contributed by atoms with E-state index < -0.39 is 17.2 Å². The Morgan fingerprint density at radius 2 is 1.41 bits per heavy atom. The minimum Gasteiger partial charge on any atom is -0.322 e. The van der Waals surface area contributed by atoms with Crippen molar-refractivity contribution in [1.82, 2.24) is 0 Å². The Morgan fingerprint density at radius 1 is 0.821 bits per heavy atom. The summed E-state index contributed by atoms with van der Waals surface area (Å²) in [6.45, 7) is 3.76. The molecule has 0 saturated carbocycles. The van der Waals surface area contributed by atoms with Gasteiger partial charge in [-0.15, -0.1) is 0 Å². The second-order valence-electron chi connectivity index (χ2n) is 10.8. The van der Waals surface area contributed by atoms with Crippen LogP contribution >= 0.6 is 11.6 Å². The normalized spacial score (nSPS) is 24.3. The van der Waals surface area contributed by atoms with Gasteiger partial charge in [-0.25, -0.2) is 4.90 Å². The highest BCUT2D eigenvalue weighted by Gasteiger charge is 2.69. The molecule has 4 aromatic rings. The molecule has 3 aliphatic carbocycles. The van der Waals surface area contributed by atoms with Crippen molar-refractivity contribution in [3.05, 3.63) is 129 Å². The van der Waals surface area contributed by atoms with Gasteiger partial charge in [0.2, 0.25) is 11.8 Å². The van der Waals surface area contributed by atoms with Crippen molar-refractivity contribution in [2.45, 2.75) is 25.7 Å². The molecule has 39 heavy (non-hydrogen) atoms. The first-order valence-electron chi connectivity index (χ1n) is 13.1. The quantitative estimate of drug-likeness (QED) is 0.299. The molecule has 8 rings (SSSR count). The number of para-hydroxylation sites is 1. The molecule has 4 aliphatic rings. The van der Waals surface area contributed by atoms with Gasteiger partial charge in [0.15, 0.2) is 0 Å². The second-order valence-corrected chi connectivity index (χ2v) is 11.2. The molecule has 0 aromatic heterocycles. The largest absolute Gasteiger partial charge is 0.322 e. The van der Waals surface area contributed by atoms with Gasteiger partial charge in [-0.2, -0.15) is 0 Å². The topological polar surface area (TPSA) is 66.5 Å². The predicted octanol–water partition coefficient (Wildman–Crippen LogP) is 6.69. The number of hydrogen-bond acceptors (Lipinski definition) is 3. The highest BCUT2D eigenvalue weighted by atomic mass is 35.5. The average Bonchev–Trinajstić information content (AvgIpc) is 3.16. The zero-order valence-corrected chi connectivity index (χ0v) is 22.2. The molecule has 192 valence electrons. The average molecular weight is 533 g/mol. The van der Waals surface area contributed by atoms with E-state index in [0.717, 1.165) is 27.8 Å². The van der Waals surface area contributed by atoms with E-state index >= 15 is 0 Å². The Labute approximate surface area is 231 Å². The maximum absolute atomic E-state index is 14.5. The van der Waals surface area contributed by atoms with E-state index in [1.807, 2.05) is 38.1 Å². The van der Waals surface area contributed by atoms with Crippen LogP contribution in [-0.2, 0) is 9.59 Å². The Bertz CT molecular complexity index is 1680. The van der Waals surface area contributed by atoms with Crippen LogP contribution in [0.5, 0.6) is 0 Å². The Kier molecular flexibility index (Phi) is 5.13. The lowest BCUT2D eigenvalue weighted by molar-refractivity contribution is -0.128. The predicted molar refractivity (Wildman–Crippen MR) is 151 cm³/mol. The highest BCUT2D eigenvalue weighted by Crippen LogP contribution is 2.67. The van der Waals surface area contributed by atoms with Crippen LogP contribution in [0.15, 0.2) is 91.0 Å². The number of nitrogens with zero attached hydrogens (tertiary/aromatic N) is 1. The first-order valence-corrected chi connectivity index (χ1v) is 13.4. The standard InChI is InChI=1S/C33H25ClN2O3/c1-18-24(34)15-9-16-25(18)35-30(37)23-14-7-8-17-26(23)36-31(38)29-27-19-10-3-5-12-21(19)28(33(29,2)32(36)39)22-13-6-4-11-20(22)27/h3-17,27-29H,1-2H3,(H,35,37)/t27?,28?,29-,33+/m1/s1. The fourth-order valence-electron chi connectivity index (χ4n) is 7.14. The number of benzene rings is 4. The van der Waals surface area contributed by atoms with Crippen molar-refractivity contribution in [3.63, 3.8) is 0 Å². The Hall–Kier alpha value is -4.22. The van der Waals surface area contributed by atoms with Crippen molar-refractivity contribution in [1.29, 1.82) is 0 Å². The first-order chi connectivity index (χ1) is 18.8. The van der Waals surface area contributed by atoms with Crippen LogP contribution in [0.25, 0.3) is 0 Å². The van der Waals surface area contributed by atoms with Crippen LogP contribution in [0, 0.1) is 18.3 Å². The first kappa shape index (κ1) is 23.9. The number of imide groups is 1. The number of amides is 3. The fraction of sp³-hybridized carbons (Fsp3) is 0.182. The smallest absolute Gasteiger partial charge is 0.257 e. The van der Waals surface area contributed by atoms with Crippen LogP contribution in [0.3, 0.4) is 0 Å². The minimum absolute atomic E-state index is 0.232. The molecule has 1 aliphatic heterocycles. The van der Waals surface area contributed by atoms with Crippen molar-refractivity contribution in [3.8, 4) is 0 Å². The monoisotopic (exact) mass is 532 g/mol. The summed E-state index contributed by atoms with van der Waals surface area (Å²) in [5, 5.41) is 3.46. The van der Waals surface area contributed by atoms with Crippen LogP contribution in [0.2, 0.25) is 5.02 Å². The zero-order valence-electron chi connectivity index (χ0n) is 21.4. The molecule has 2 atom stereocenters. The molecule has 6 heteroatoms. The molecular formula is C33H25ClN2O3. The molecule has 4 aromatic carbocycles. The van der Waals surface area contributed by atoms with E-state index in [1.165, 1.54) is 4.90 Å². The van der Waals surface area contributed by atoms with Crippen LogP contribution in [0.4, 0.5) is 11.4 Å². The lowest BCUT2D eigenvalue weighted by atomic mass is 9.48. The molecule has 1 fully saturated rings. The van der Waals surface area contributed by atoms with E-state index in [-0.39, 0.29) is 29.2 Å². The molecule has 1 N–H and O–H groups in total. The summed E-state index contributed by atoms with van der Waals surface area (Å²) in [5.41, 5.74) is 5.31. The van der Waals surface area contributed by atoms with Gasteiger partial charge in [0.05, 0.1) is 22.6 Å². The van der Waals surface area contributed by atoms with E-state index in [2.05, 4.69) is 29.6 Å². The SMILES string of the molecule is Cc1c(Cl)cccc1NC(=O)c1ccccc1N1C(=O)[C@H]2C3c4ccccc4C(c4ccccc43)[C@]2(C)C1=O. The van der Waals surface area contributed by atoms with Gasteiger partial charge in [0.25, 0.3) is 5.91 Å². The summed E-state index contributed by atoms with van der Waals surface area (Å²) >= 11 is 6.26. The summed E-state index contributed by atoms with van der Waals surface area (Å²) < 4.78 is 0. The third kappa shape index (κ3) is 3.11. The second kappa shape index (κ2) is 8.39. The van der Waals surface area contributed by atoms with Crippen molar-refractivity contribution >= 4 is 40.7 Å². The maximum atomic E-state index is 14.5. The van der Waals surface area contributed by atoms with Crippen LogP contribution < -0.4 is 10.2 Å². The van der Waals surface area contributed by atoms with Gasteiger partial charge in [0, 0.05) is 22.5 Å². The number of hydrogen-bond donors (Lipinski definition) is 1. The van der Waals surface area contributed by atoms with Gasteiger partial charge in [-0.1, -0.05) is 78.3 Å². The van der Waals surface area contributed by atoms with E-state index in [4.69, 9.17) is 11.6 Å². The molecule has 2 bridgehead atoms. The number of carbonyl (C=O) groups is 3. The third-order valence-corrected chi connectivity index (χ3v) is 9.33. The summed E-state index contributed by atoms with van der Waals surface area (Å²) in [7, 11) is 0. The van der Waals surface area contributed by atoms with E-state index in [9.17, 15) is 14.4 Å².